The molecular weight excluding hydrogens is 386 g/mol. The number of aliphatic hydroxyl groups is 1. The molecule has 0 radical (unpaired) electrons. The number of hydrogen-bond acceptors (Lipinski definition) is 5. The topological polar surface area (TPSA) is 75.1 Å². The van der Waals surface area contributed by atoms with Gasteiger partial charge in [-0.2, -0.15) is 0 Å². The SMILES string of the molecule is CCNC(=NCc1cccc(OC)c1OC)NCC(O)c1cc2ccccc2s1. The van der Waals surface area contributed by atoms with Gasteiger partial charge in [-0.1, -0.05) is 30.3 Å². The minimum absolute atomic E-state index is 0.369. The van der Waals surface area contributed by atoms with E-state index < -0.39 is 6.10 Å². The van der Waals surface area contributed by atoms with Gasteiger partial charge in [0.25, 0.3) is 0 Å². The number of nitrogens with one attached hydrogen (secondary N) is 2. The van der Waals surface area contributed by atoms with Crippen molar-refractivity contribution < 1.29 is 14.6 Å². The lowest BCUT2D eigenvalue weighted by atomic mass is 10.2. The molecule has 0 bridgehead atoms. The second-order valence-corrected chi connectivity index (χ2v) is 7.55. The van der Waals surface area contributed by atoms with E-state index in [2.05, 4.69) is 27.8 Å². The molecule has 0 aliphatic rings. The van der Waals surface area contributed by atoms with Gasteiger partial charge in [0, 0.05) is 28.2 Å². The zero-order chi connectivity index (χ0) is 20.6. The number of nitrogens with zero attached hydrogens (tertiary/aromatic N) is 1. The predicted molar refractivity (Wildman–Crippen MR) is 119 cm³/mol. The number of hydrogen-bond donors (Lipinski definition) is 3. The summed E-state index contributed by atoms with van der Waals surface area (Å²) in [5, 5.41) is 18.2. The molecule has 0 saturated carbocycles. The summed E-state index contributed by atoms with van der Waals surface area (Å²) < 4.78 is 12.0. The smallest absolute Gasteiger partial charge is 0.191 e. The first kappa shape index (κ1) is 21.0. The number of aliphatic imine (C=N–C) groups is 1. The summed E-state index contributed by atoms with van der Waals surface area (Å²) in [6.07, 6.45) is -0.609. The van der Waals surface area contributed by atoms with E-state index in [1.807, 2.05) is 43.3 Å². The van der Waals surface area contributed by atoms with Crippen molar-refractivity contribution >= 4 is 27.4 Å². The summed E-state index contributed by atoms with van der Waals surface area (Å²) >= 11 is 1.61. The van der Waals surface area contributed by atoms with E-state index in [9.17, 15) is 5.11 Å². The largest absolute Gasteiger partial charge is 0.493 e. The first-order valence-corrected chi connectivity index (χ1v) is 10.4. The molecule has 0 aliphatic carbocycles. The maximum absolute atomic E-state index is 10.6. The number of ether oxygens (including phenoxy) is 2. The van der Waals surface area contributed by atoms with Crippen LogP contribution in [0.2, 0.25) is 0 Å². The van der Waals surface area contributed by atoms with Gasteiger partial charge in [-0.15, -0.1) is 11.3 Å². The van der Waals surface area contributed by atoms with Crippen LogP contribution in [0.3, 0.4) is 0 Å². The molecule has 1 aromatic heterocycles. The summed E-state index contributed by atoms with van der Waals surface area (Å²) in [5.74, 6) is 2.00. The molecule has 0 amide bonds. The average Bonchev–Trinajstić information content (AvgIpc) is 3.19. The molecule has 29 heavy (non-hydrogen) atoms. The van der Waals surface area contributed by atoms with Gasteiger partial charge in [0.05, 0.1) is 20.8 Å². The van der Waals surface area contributed by atoms with Gasteiger partial charge in [0.2, 0.25) is 0 Å². The number of benzene rings is 2. The average molecular weight is 414 g/mol. The van der Waals surface area contributed by atoms with Gasteiger partial charge in [0.1, 0.15) is 6.10 Å². The molecule has 154 valence electrons. The summed E-state index contributed by atoms with van der Waals surface area (Å²) in [7, 11) is 3.24. The van der Waals surface area contributed by atoms with Crippen LogP contribution in [0.1, 0.15) is 23.5 Å². The lowest BCUT2D eigenvalue weighted by Gasteiger charge is -2.15. The van der Waals surface area contributed by atoms with Crippen LogP contribution < -0.4 is 20.1 Å². The number of methoxy groups -OCH3 is 2. The first-order chi connectivity index (χ1) is 14.2. The van der Waals surface area contributed by atoms with Crippen molar-refractivity contribution in [2.75, 3.05) is 27.3 Å². The number of aliphatic hydroxyl groups excluding tert-OH is 1. The Labute approximate surface area is 175 Å². The molecule has 0 spiro atoms. The summed E-state index contributed by atoms with van der Waals surface area (Å²) in [4.78, 5) is 5.56. The van der Waals surface area contributed by atoms with Crippen molar-refractivity contribution in [1.29, 1.82) is 0 Å². The third kappa shape index (κ3) is 5.19. The third-order valence-corrected chi connectivity index (χ3v) is 5.69. The van der Waals surface area contributed by atoms with Crippen LogP contribution >= 0.6 is 11.3 Å². The molecule has 6 nitrogen and oxygen atoms in total. The standard InChI is InChI=1S/C22H27N3O3S/c1-4-23-22(24-13-16-9-7-10-18(27-2)21(16)28-3)25-14-17(26)20-12-15-8-5-6-11-19(15)29-20/h5-12,17,26H,4,13-14H2,1-3H3,(H2,23,24,25). The van der Waals surface area contributed by atoms with Crippen LogP contribution in [0, 0.1) is 0 Å². The van der Waals surface area contributed by atoms with Crippen molar-refractivity contribution in [1.82, 2.24) is 10.6 Å². The highest BCUT2D eigenvalue weighted by Crippen LogP contribution is 2.31. The zero-order valence-corrected chi connectivity index (χ0v) is 17.8. The third-order valence-electron chi connectivity index (χ3n) is 4.47. The summed E-state index contributed by atoms with van der Waals surface area (Å²) in [5.41, 5.74) is 0.925. The number of para-hydroxylation sites is 1. The van der Waals surface area contributed by atoms with Crippen molar-refractivity contribution in [3.63, 3.8) is 0 Å². The van der Waals surface area contributed by atoms with Crippen molar-refractivity contribution in [3.8, 4) is 11.5 Å². The molecule has 0 saturated heterocycles. The van der Waals surface area contributed by atoms with E-state index in [1.54, 1.807) is 25.6 Å². The Morgan fingerprint density at radius 1 is 1.10 bits per heavy atom. The van der Waals surface area contributed by atoms with Gasteiger partial charge in [-0.25, -0.2) is 4.99 Å². The van der Waals surface area contributed by atoms with E-state index in [0.29, 0.717) is 30.5 Å². The number of thiophene rings is 1. The Bertz CT molecular complexity index is 938. The van der Waals surface area contributed by atoms with Crippen molar-refractivity contribution in [2.45, 2.75) is 19.6 Å². The fourth-order valence-electron chi connectivity index (χ4n) is 3.04. The van der Waals surface area contributed by atoms with E-state index in [4.69, 9.17) is 9.47 Å². The Balaban J connectivity index is 1.68. The van der Waals surface area contributed by atoms with Crippen LogP contribution in [-0.2, 0) is 6.54 Å². The van der Waals surface area contributed by atoms with Gasteiger partial charge in [-0.05, 0) is 30.5 Å². The molecule has 3 aromatic rings. The van der Waals surface area contributed by atoms with Crippen LogP contribution in [0.25, 0.3) is 10.1 Å². The molecular formula is C22H27N3O3S. The second kappa shape index (κ2) is 10.1. The van der Waals surface area contributed by atoms with E-state index in [0.717, 1.165) is 22.4 Å². The van der Waals surface area contributed by atoms with Crippen LogP contribution in [0.15, 0.2) is 53.5 Å². The van der Waals surface area contributed by atoms with E-state index in [-0.39, 0.29) is 0 Å². The Morgan fingerprint density at radius 3 is 2.66 bits per heavy atom. The Kier molecular flexibility index (Phi) is 7.32. The van der Waals surface area contributed by atoms with Gasteiger partial charge in [-0.3, -0.25) is 0 Å². The van der Waals surface area contributed by atoms with Crippen LogP contribution in [0.4, 0.5) is 0 Å². The van der Waals surface area contributed by atoms with Crippen molar-refractivity contribution in [3.05, 3.63) is 59.0 Å². The van der Waals surface area contributed by atoms with E-state index in [1.165, 1.54) is 4.70 Å². The summed E-state index contributed by atoms with van der Waals surface area (Å²) in [6, 6.07) is 15.9. The Morgan fingerprint density at radius 2 is 1.93 bits per heavy atom. The lowest BCUT2D eigenvalue weighted by Crippen LogP contribution is -2.39. The van der Waals surface area contributed by atoms with Gasteiger partial charge in [0.15, 0.2) is 17.5 Å². The Hall–Kier alpha value is -2.77. The fourth-order valence-corrected chi connectivity index (χ4v) is 4.10. The molecule has 2 aromatic carbocycles. The minimum atomic E-state index is -0.609. The first-order valence-electron chi connectivity index (χ1n) is 9.54. The van der Waals surface area contributed by atoms with Crippen LogP contribution in [-0.4, -0.2) is 38.4 Å². The highest BCUT2D eigenvalue weighted by molar-refractivity contribution is 7.19. The molecule has 1 unspecified atom stereocenters. The molecule has 1 atom stereocenters. The number of guanidine groups is 1. The van der Waals surface area contributed by atoms with E-state index >= 15 is 0 Å². The lowest BCUT2D eigenvalue weighted by molar-refractivity contribution is 0.184. The second-order valence-electron chi connectivity index (χ2n) is 6.43. The molecule has 7 heteroatoms. The summed E-state index contributed by atoms with van der Waals surface area (Å²) in [6.45, 7) is 3.52. The van der Waals surface area contributed by atoms with Gasteiger partial charge >= 0.3 is 0 Å². The minimum Gasteiger partial charge on any atom is -0.493 e. The molecule has 3 N–H and O–H groups in total. The normalized spacial score (nSPS) is 12.6. The van der Waals surface area contributed by atoms with Crippen molar-refractivity contribution in [2.24, 2.45) is 4.99 Å². The molecule has 1 heterocycles. The predicted octanol–water partition coefficient (Wildman–Crippen LogP) is 3.71. The maximum atomic E-state index is 10.6. The highest BCUT2D eigenvalue weighted by Gasteiger charge is 2.13. The monoisotopic (exact) mass is 413 g/mol. The zero-order valence-electron chi connectivity index (χ0n) is 16.9. The maximum Gasteiger partial charge on any atom is 0.191 e. The highest BCUT2D eigenvalue weighted by atomic mass is 32.1. The van der Waals surface area contributed by atoms with Gasteiger partial charge < -0.3 is 25.2 Å². The number of fused-ring (bicyclic) bond motifs is 1. The molecule has 0 aliphatic heterocycles. The fraction of sp³-hybridized carbons (Fsp3) is 0.318. The quantitative estimate of drug-likeness (QED) is 0.388. The molecule has 3 rings (SSSR count). The molecule has 0 fully saturated rings. The van der Waals surface area contributed by atoms with Crippen LogP contribution in [0.5, 0.6) is 11.5 Å². The number of rotatable bonds is 8.